The van der Waals surface area contributed by atoms with E-state index in [-0.39, 0.29) is 18.0 Å². The SMILES string of the molecule is CCNc1cc(N2CCC[C@@H](CCC(=O)NC3CCN(C(=O)OC(C)(C)C)CC3)C2)ncn1. The third-order valence-corrected chi connectivity index (χ3v) is 6.14. The molecule has 0 saturated carbocycles. The van der Waals surface area contributed by atoms with Gasteiger partial charge >= 0.3 is 6.09 Å². The number of anilines is 2. The fourth-order valence-corrected chi connectivity index (χ4v) is 4.47. The summed E-state index contributed by atoms with van der Waals surface area (Å²) in [5.41, 5.74) is -0.487. The van der Waals surface area contributed by atoms with Crippen LogP contribution in [0, 0.1) is 5.92 Å². The highest BCUT2D eigenvalue weighted by Crippen LogP contribution is 2.25. The summed E-state index contributed by atoms with van der Waals surface area (Å²) in [5.74, 6) is 2.39. The molecule has 3 rings (SSSR count). The van der Waals surface area contributed by atoms with Gasteiger partial charge in [0.05, 0.1) is 0 Å². The van der Waals surface area contributed by atoms with Gasteiger partial charge in [0.2, 0.25) is 5.91 Å². The molecule has 9 heteroatoms. The molecule has 1 aromatic heterocycles. The van der Waals surface area contributed by atoms with Gasteiger partial charge in [0.15, 0.2) is 0 Å². The molecule has 9 nitrogen and oxygen atoms in total. The van der Waals surface area contributed by atoms with Crippen LogP contribution in [0.25, 0.3) is 0 Å². The number of hydrogen-bond donors (Lipinski definition) is 2. The van der Waals surface area contributed by atoms with E-state index in [0.29, 0.717) is 25.4 Å². The smallest absolute Gasteiger partial charge is 0.410 e. The zero-order valence-corrected chi connectivity index (χ0v) is 20.6. The molecular formula is C24H40N6O3. The summed E-state index contributed by atoms with van der Waals surface area (Å²) >= 11 is 0. The van der Waals surface area contributed by atoms with Crippen LogP contribution in [0.4, 0.5) is 16.4 Å². The zero-order chi connectivity index (χ0) is 23.8. The molecule has 2 aliphatic rings. The van der Waals surface area contributed by atoms with Crippen LogP contribution >= 0.6 is 0 Å². The number of nitrogens with one attached hydrogen (secondary N) is 2. The Morgan fingerprint density at radius 1 is 1.15 bits per heavy atom. The zero-order valence-electron chi connectivity index (χ0n) is 20.6. The third kappa shape index (κ3) is 8.05. The van der Waals surface area contributed by atoms with Crippen molar-refractivity contribution in [3.05, 3.63) is 12.4 Å². The number of hydrogen-bond acceptors (Lipinski definition) is 7. The summed E-state index contributed by atoms with van der Waals surface area (Å²) in [7, 11) is 0. The Labute approximate surface area is 197 Å². The van der Waals surface area contributed by atoms with E-state index in [0.717, 1.165) is 63.4 Å². The molecule has 2 saturated heterocycles. The highest BCUT2D eigenvalue weighted by molar-refractivity contribution is 5.76. The van der Waals surface area contributed by atoms with Crippen molar-refractivity contribution in [2.45, 2.75) is 77.9 Å². The van der Waals surface area contributed by atoms with Crippen molar-refractivity contribution in [3.8, 4) is 0 Å². The average molecular weight is 461 g/mol. The Bertz CT molecular complexity index is 789. The monoisotopic (exact) mass is 460 g/mol. The average Bonchev–Trinajstić information content (AvgIpc) is 2.78. The molecule has 0 unspecified atom stereocenters. The van der Waals surface area contributed by atoms with E-state index < -0.39 is 5.60 Å². The first-order valence-corrected chi connectivity index (χ1v) is 12.3. The minimum absolute atomic E-state index is 0.110. The van der Waals surface area contributed by atoms with Crippen LogP contribution in [-0.2, 0) is 9.53 Å². The Hall–Kier alpha value is -2.58. The van der Waals surface area contributed by atoms with Crippen LogP contribution in [0.5, 0.6) is 0 Å². The molecule has 33 heavy (non-hydrogen) atoms. The number of likely N-dealkylation sites (tertiary alicyclic amines) is 1. The number of piperidine rings is 2. The molecule has 1 aromatic rings. The van der Waals surface area contributed by atoms with E-state index in [1.54, 1.807) is 11.2 Å². The van der Waals surface area contributed by atoms with Crippen LogP contribution in [0.15, 0.2) is 12.4 Å². The fraction of sp³-hybridized carbons (Fsp3) is 0.750. The van der Waals surface area contributed by atoms with E-state index in [1.807, 2.05) is 33.8 Å². The maximum absolute atomic E-state index is 12.6. The summed E-state index contributed by atoms with van der Waals surface area (Å²) in [4.78, 5) is 37.5. The first kappa shape index (κ1) is 25.1. The second kappa shape index (κ2) is 11.5. The predicted molar refractivity (Wildman–Crippen MR) is 129 cm³/mol. The first-order chi connectivity index (χ1) is 15.7. The summed E-state index contributed by atoms with van der Waals surface area (Å²) in [5, 5.41) is 6.41. The molecule has 2 fully saturated rings. The summed E-state index contributed by atoms with van der Waals surface area (Å²) in [6.07, 6.45) is 6.54. The molecule has 0 spiro atoms. The number of nitrogens with zero attached hydrogens (tertiary/aromatic N) is 4. The van der Waals surface area contributed by atoms with E-state index in [9.17, 15) is 9.59 Å². The summed E-state index contributed by atoms with van der Waals surface area (Å²) in [6.45, 7) is 11.6. The van der Waals surface area contributed by atoms with E-state index >= 15 is 0 Å². The van der Waals surface area contributed by atoms with Gasteiger partial charge in [0.25, 0.3) is 0 Å². The van der Waals surface area contributed by atoms with Crippen LogP contribution in [0.3, 0.4) is 0 Å². The Morgan fingerprint density at radius 2 is 1.91 bits per heavy atom. The molecule has 184 valence electrons. The Balaban J connectivity index is 1.38. The van der Waals surface area contributed by atoms with Gasteiger partial charge in [-0.05, 0) is 65.7 Å². The number of carbonyl (C=O) groups excluding carboxylic acids is 2. The molecule has 0 aliphatic carbocycles. The minimum Gasteiger partial charge on any atom is -0.444 e. The number of carbonyl (C=O) groups is 2. The molecule has 0 aromatic carbocycles. The maximum Gasteiger partial charge on any atom is 0.410 e. The lowest BCUT2D eigenvalue weighted by molar-refractivity contribution is -0.122. The largest absolute Gasteiger partial charge is 0.444 e. The van der Waals surface area contributed by atoms with Crippen molar-refractivity contribution >= 4 is 23.6 Å². The predicted octanol–water partition coefficient (Wildman–Crippen LogP) is 3.42. The van der Waals surface area contributed by atoms with Gasteiger partial charge in [0.1, 0.15) is 23.6 Å². The number of ether oxygens (including phenoxy) is 1. The van der Waals surface area contributed by atoms with Gasteiger partial charge in [-0.15, -0.1) is 0 Å². The standard InChI is InChI=1S/C24H40N6O3/c1-5-25-20-15-21(27-17-26-20)30-12-6-7-18(16-30)8-9-22(31)28-19-10-13-29(14-11-19)23(32)33-24(2,3)4/h15,17-19H,5-14,16H2,1-4H3,(H,28,31)(H,25,26,27)/t18-/m0/s1. The number of aromatic nitrogens is 2. The van der Waals surface area contributed by atoms with Gasteiger partial charge in [-0.25, -0.2) is 14.8 Å². The summed E-state index contributed by atoms with van der Waals surface area (Å²) in [6, 6.07) is 2.13. The molecule has 2 aliphatic heterocycles. The first-order valence-electron chi connectivity index (χ1n) is 12.3. The molecule has 1 atom stereocenters. The Morgan fingerprint density at radius 3 is 2.61 bits per heavy atom. The highest BCUT2D eigenvalue weighted by Gasteiger charge is 2.28. The molecule has 3 heterocycles. The summed E-state index contributed by atoms with van der Waals surface area (Å²) < 4.78 is 5.44. The molecule has 0 radical (unpaired) electrons. The quantitative estimate of drug-likeness (QED) is 0.643. The van der Waals surface area contributed by atoms with Crippen LogP contribution in [0.1, 0.15) is 66.2 Å². The van der Waals surface area contributed by atoms with Gasteiger partial charge in [0, 0.05) is 51.3 Å². The van der Waals surface area contributed by atoms with Crippen LogP contribution in [0.2, 0.25) is 0 Å². The van der Waals surface area contributed by atoms with Gasteiger partial charge in [-0.3, -0.25) is 4.79 Å². The van der Waals surface area contributed by atoms with Crippen molar-refractivity contribution in [2.75, 3.05) is 42.9 Å². The maximum atomic E-state index is 12.6. The fourth-order valence-electron chi connectivity index (χ4n) is 4.47. The van der Waals surface area contributed by atoms with E-state index in [2.05, 4.69) is 25.5 Å². The van der Waals surface area contributed by atoms with E-state index in [1.165, 1.54) is 0 Å². The topological polar surface area (TPSA) is 99.7 Å². The number of rotatable bonds is 7. The molecule has 2 N–H and O–H groups in total. The van der Waals surface area contributed by atoms with Crippen LogP contribution in [-0.4, -0.2) is 71.2 Å². The normalized spacial score (nSPS) is 19.8. The van der Waals surface area contributed by atoms with E-state index in [4.69, 9.17) is 4.74 Å². The van der Waals surface area contributed by atoms with Crippen LogP contribution < -0.4 is 15.5 Å². The lowest BCUT2D eigenvalue weighted by Gasteiger charge is -2.34. The number of amides is 2. The highest BCUT2D eigenvalue weighted by atomic mass is 16.6. The lowest BCUT2D eigenvalue weighted by atomic mass is 9.93. The van der Waals surface area contributed by atoms with Crippen molar-refractivity contribution in [1.82, 2.24) is 20.2 Å². The molecule has 0 bridgehead atoms. The third-order valence-electron chi connectivity index (χ3n) is 6.14. The van der Waals surface area contributed by atoms with Gasteiger partial charge in [-0.1, -0.05) is 0 Å². The minimum atomic E-state index is -0.487. The molecule has 2 amide bonds. The Kier molecular flexibility index (Phi) is 8.74. The second-order valence-corrected chi connectivity index (χ2v) is 10.1. The lowest BCUT2D eigenvalue weighted by Crippen LogP contribution is -2.47. The molecular weight excluding hydrogens is 420 g/mol. The van der Waals surface area contributed by atoms with Crippen molar-refractivity contribution < 1.29 is 14.3 Å². The van der Waals surface area contributed by atoms with Crippen molar-refractivity contribution in [3.63, 3.8) is 0 Å². The second-order valence-electron chi connectivity index (χ2n) is 10.1. The van der Waals surface area contributed by atoms with Gasteiger partial charge < -0.3 is 25.2 Å². The van der Waals surface area contributed by atoms with Gasteiger partial charge in [-0.2, -0.15) is 0 Å². The van der Waals surface area contributed by atoms with Crippen molar-refractivity contribution in [1.29, 1.82) is 0 Å². The van der Waals surface area contributed by atoms with Crippen molar-refractivity contribution in [2.24, 2.45) is 5.92 Å².